The summed E-state index contributed by atoms with van der Waals surface area (Å²) in [5.74, 6) is 4.51. The minimum Gasteiger partial charge on any atom is -0.402 e. The highest BCUT2D eigenvalue weighted by Gasteiger charge is 2.53. The highest BCUT2D eigenvalue weighted by atomic mass is 31.2. The fourth-order valence-corrected chi connectivity index (χ4v) is 17.7. The molecule has 2 N–H and O–H groups in total. The van der Waals surface area contributed by atoms with Crippen molar-refractivity contribution < 1.29 is 47.2 Å². The second-order valence-electron chi connectivity index (χ2n) is 17.9. The van der Waals surface area contributed by atoms with Crippen LogP contribution >= 0.6 is 8.60 Å². The number of aliphatic hydroxyl groups excluding tert-OH is 2. The van der Waals surface area contributed by atoms with Crippen molar-refractivity contribution in [2.24, 2.45) is 17.0 Å². The lowest BCUT2D eigenvalue weighted by Crippen LogP contribution is -2.67. The van der Waals surface area contributed by atoms with Crippen LogP contribution in [0.2, 0.25) is 10.1 Å². The maximum Gasteiger partial charge on any atom is 0.331 e. The molecule has 12 nitrogen and oxygen atoms in total. The maximum atomic E-state index is 12.4. The van der Waals surface area contributed by atoms with Gasteiger partial charge in [-0.2, -0.15) is 0 Å². The van der Waals surface area contributed by atoms with Crippen molar-refractivity contribution >= 4 is 57.4 Å². The lowest BCUT2D eigenvalue weighted by atomic mass is 9.98. The van der Waals surface area contributed by atoms with Crippen molar-refractivity contribution in [1.29, 1.82) is 0 Å². The van der Waals surface area contributed by atoms with Crippen LogP contribution in [0.3, 0.4) is 0 Å². The van der Waals surface area contributed by atoms with E-state index in [9.17, 15) is 15.4 Å². The fraction of sp³-hybridized carbons (Fsp3) is 0.412. The average molecular weight is 955 g/mol. The molecule has 0 spiro atoms. The van der Waals surface area contributed by atoms with Crippen molar-refractivity contribution in [3.63, 3.8) is 0 Å². The van der Waals surface area contributed by atoms with E-state index < -0.39 is 55.6 Å². The van der Waals surface area contributed by atoms with Crippen LogP contribution in [0.4, 0.5) is 0 Å². The van der Waals surface area contributed by atoms with Gasteiger partial charge in [0.25, 0.3) is 22.3 Å². The molecule has 2 heterocycles. The highest BCUT2D eigenvalue weighted by Crippen LogP contribution is 2.39. The Hall–Kier alpha value is -4.68. The third kappa shape index (κ3) is 12.3. The topological polar surface area (TPSA) is 144 Å². The van der Waals surface area contributed by atoms with Crippen LogP contribution in [0.25, 0.3) is 0 Å². The van der Waals surface area contributed by atoms with E-state index in [1.54, 1.807) is 28.3 Å². The number of nitrogens with zero attached hydrogens (tertiary/aromatic N) is 2. The van der Waals surface area contributed by atoms with Gasteiger partial charge in [0.2, 0.25) is 0 Å². The molecule has 0 saturated carbocycles. The largest absolute Gasteiger partial charge is 0.402 e. The summed E-state index contributed by atoms with van der Waals surface area (Å²) in [5.41, 5.74) is 0.639. The minimum absolute atomic E-state index is 0.0360. The van der Waals surface area contributed by atoms with Crippen LogP contribution in [0, 0.1) is 41.7 Å². The number of aliphatic hydroxyl groups is 2. The molecule has 0 aromatic heterocycles. The summed E-state index contributed by atoms with van der Waals surface area (Å²) < 4.78 is 27.5. The third-order valence-corrected chi connectivity index (χ3v) is 22.6. The van der Waals surface area contributed by atoms with Gasteiger partial charge >= 0.3 is 8.60 Å². The van der Waals surface area contributed by atoms with Crippen LogP contribution in [-0.2, 0) is 32.1 Å². The van der Waals surface area contributed by atoms with Crippen LogP contribution < -0.4 is 20.7 Å². The van der Waals surface area contributed by atoms with E-state index in [4.69, 9.17) is 31.4 Å². The van der Waals surface area contributed by atoms with Crippen LogP contribution in [0.5, 0.6) is 0 Å². The van der Waals surface area contributed by atoms with Crippen LogP contribution in [0.15, 0.2) is 126 Å². The molecule has 0 aliphatic carbocycles. The zero-order valence-corrected chi connectivity index (χ0v) is 43.0. The molecule has 0 fully saturated rings. The van der Waals surface area contributed by atoms with Crippen molar-refractivity contribution in [3.8, 4) is 24.7 Å². The molecule has 0 amide bonds. The zero-order valence-electron chi connectivity index (χ0n) is 40.1. The first-order valence-corrected chi connectivity index (χ1v) is 26.7. The standard InChI is InChI=1S/C24H29NO4Si.C24H29NO3Si.C3H9O3P/c1-6-18(2)23-22(26)21(25(27)29-23)17-28-30(24(3,4)5,19-13-9-7-10-14-19)20-15-11-8-12-16-20;1-6-18(2)23-22(26)21(25-28-23)17-27-29(24(3,4)5,19-13-9-7-10-14-19)20-15-11-8-12-16-20;1-4-7(5-2)6-3/h1,7-16,18,22-23,26H,17H2,2-5H3;1,7-16,18,22-23,26H,17H2,2-5H3;1-3H3/t2*18-,22-,23-;/m11./s1. The summed E-state index contributed by atoms with van der Waals surface area (Å²) >= 11 is 0. The lowest BCUT2D eigenvalue weighted by molar-refractivity contribution is -0.742. The molecule has 6 rings (SSSR count). The maximum absolute atomic E-state index is 12.4. The summed E-state index contributed by atoms with van der Waals surface area (Å²) in [5, 5.41) is 42.1. The van der Waals surface area contributed by atoms with Gasteiger partial charge in [-0.15, -0.1) is 18.8 Å². The van der Waals surface area contributed by atoms with Crippen LogP contribution in [0.1, 0.15) is 55.4 Å². The van der Waals surface area contributed by atoms with Gasteiger partial charge in [-0.3, -0.25) is 5.21 Å². The summed E-state index contributed by atoms with van der Waals surface area (Å²) in [4.78, 5) is 11.1. The lowest BCUT2D eigenvalue weighted by Gasteiger charge is -2.43. The Morgan fingerprint density at radius 3 is 1.30 bits per heavy atom. The Labute approximate surface area is 395 Å². The molecular weight excluding hydrogens is 888 g/mol. The quantitative estimate of drug-likeness (QED) is 0.0583. The molecule has 354 valence electrons. The Morgan fingerprint density at radius 1 is 0.636 bits per heavy atom. The number of rotatable bonds is 15. The van der Waals surface area contributed by atoms with Gasteiger partial charge < -0.3 is 42.3 Å². The Balaban J connectivity index is 0.000000252. The molecule has 0 radical (unpaired) electrons. The second-order valence-corrected chi connectivity index (χ2v) is 28.1. The van der Waals surface area contributed by atoms with E-state index in [0.717, 1.165) is 10.4 Å². The molecule has 4 aromatic carbocycles. The van der Waals surface area contributed by atoms with E-state index in [-0.39, 0.29) is 34.9 Å². The number of terminal acetylenes is 2. The molecule has 2 aliphatic rings. The molecule has 0 bridgehead atoms. The third-order valence-electron chi connectivity index (χ3n) is 11.7. The Morgan fingerprint density at radius 2 is 0.985 bits per heavy atom. The normalized spacial score (nSPS) is 19.4. The van der Waals surface area contributed by atoms with Crippen molar-refractivity contribution in [3.05, 3.63) is 127 Å². The van der Waals surface area contributed by atoms with E-state index in [0.29, 0.717) is 10.6 Å². The molecule has 4 aromatic rings. The summed E-state index contributed by atoms with van der Waals surface area (Å²) in [6.45, 7) is 16.9. The predicted molar refractivity (Wildman–Crippen MR) is 269 cm³/mol. The highest BCUT2D eigenvalue weighted by molar-refractivity contribution is 7.41. The number of hydrogen-bond donors (Lipinski definition) is 2. The van der Waals surface area contributed by atoms with E-state index in [1.807, 2.05) is 79.7 Å². The first kappa shape index (κ1) is 53.9. The average Bonchev–Trinajstić information content (AvgIpc) is 3.83. The van der Waals surface area contributed by atoms with Crippen molar-refractivity contribution in [1.82, 2.24) is 0 Å². The smallest absolute Gasteiger partial charge is 0.331 e. The number of benzene rings is 4. The van der Waals surface area contributed by atoms with Gasteiger partial charge in [-0.05, 0) is 44.7 Å². The monoisotopic (exact) mass is 954 g/mol. The first-order valence-electron chi connectivity index (χ1n) is 21.8. The molecule has 0 saturated heterocycles. The molecule has 66 heavy (non-hydrogen) atoms. The predicted octanol–water partition coefficient (Wildman–Crippen LogP) is 6.56. The fourth-order valence-electron chi connectivity index (χ4n) is 8.24. The summed E-state index contributed by atoms with van der Waals surface area (Å²) in [6, 6.07) is 41.0. The van der Waals surface area contributed by atoms with Crippen LogP contribution in [-0.4, -0.2) is 102 Å². The number of oxime groups is 1. The van der Waals surface area contributed by atoms with Crippen molar-refractivity contribution in [2.75, 3.05) is 34.5 Å². The summed E-state index contributed by atoms with van der Waals surface area (Å²) in [7, 11) is -1.95. The van der Waals surface area contributed by atoms with E-state index in [1.165, 1.54) is 10.4 Å². The van der Waals surface area contributed by atoms with Gasteiger partial charge in [0, 0.05) is 32.1 Å². The van der Waals surface area contributed by atoms with Gasteiger partial charge in [0.1, 0.15) is 24.5 Å². The molecule has 0 unspecified atom stereocenters. The van der Waals surface area contributed by atoms with Gasteiger partial charge in [0.15, 0.2) is 12.2 Å². The Kier molecular flexibility index (Phi) is 19.9. The molecule has 6 atom stereocenters. The zero-order chi connectivity index (χ0) is 48.7. The van der Waals surface area contributed by atoms with Gasteiger partial charge in [-0.25, -0.2) is 0 Å². The Bertz CT molecular complexity index is 2160. The molecule has 2 aliphatic heterocycles. The molecular formula is C51H67N2O10PSi2. The number of hydrogen-bond acceptors (Lipinski definition) is 11. The summed E-state index contributed by atoms with van der Waals surface area (Å²) in [6.07, 6.45) is 7.69. The molecule has 15 heteroatoms. The SMILES string of the molecule is C#C[C@@H](C)[C@H]1ON=C(CO[Si](c2ccccc2)(c2ccccc2)C(C)(C)C)[C@H]1O.C#C[C@@H](C)[C@H]1O[N+]([O-])=C(CO[Si](c2ccccc2)(c2ccccc2)C(C)(C)C)[C@H]1O.COP(OC)OC. The first-order chi connectivity index (χ1) is 31.4. The van der Waals surface area contributed by atoms with E-state index >= 15 is 0 Å². The van der Waals surface area contributed by atoms with Crippen molar-refractivity contribution in [2.45, 2.75) is 89.9 Å². The van der Waals surface area contributed by atoms with E-state index in [2.05, 4.69) is 121 Å². The van der Waals surface area contributed by atoms with Gasteiger partial charge in [0.05, 0.1) is 12.5 Å². The second kappa shape index (κ2) is 24.4. The minimum atomic E-state index is -2.83. The van der Waals surface area contributed by atoms with Gasteiger partial charge in [-0.1, -0.05) is 174 Å².